The van der Waals surface area contributed by atoms with Gasteiger partial charge >= 0.3 is 0 Å². The summed E-state index contributed by atoms with van der Waals surface area (Å²) in [5.74, 6) is 0.00301. The van der Waals surface area contributed by atoms with Gasteiger partial charge in [-0.05, 0) is 24.3 Å². The summed E-state index contributed by atoms with van der Waals surface area (Å²) in [5, 5.41) is 11.2. The van der Waals surface area contributed by atoms with Crippen molar-refractivity contribution in [3.05, 3.63) is 47.2 Å². The van der Waals surface area contributed by atoms with Crippen LogP contribution in [0.25, 0.3) is 10.9 Å². The molecule has 1 aromatic carbocycles. The van der Waals surface area contributed by atoms with Crippen LogP contribution in [0.2, 0.25) is 5.15 Å². The molecule has 100 valence electrons. The third-order valence-corrected chi connectivity index (χ3v) is 3.01. The highest BCUT2D eigenvalue weighted by Gasteiger charge is 2.11. The van der Waals surface area contributed by atoms with E-state index in [9.17, 15) is 4.79 Å². The van der Waals surface area contributed by atoms with Crippen LogP contribution >= 0.6 is 11.6 Å². The van der Waals surface area contributed by atoms with Crippen molar-refractivity contribution >= 4 is 39.9 Å². The molecule has 0 bridgehead atoms. The van der Waals surface area contributed by atoms with E-state index in [1.165, 1.54) is 0 Å². The molecule has 1 amide bonds. The Bertz CT molecular complexity index is 781. The fourth-order valence-electron chi connectivity index (χ4n) is 1.87. The third kappa shape index (κ3) is 2.28. The molecule has 0 spiro atoms. The van der Waals surface area contributed by atoms with Crippen molar-refractivity contribution in [2.45, 2.75) is 0 Å². The van der Waals surface area contributed by atoms with E-state index >= 15 is 0 Å². The van der Waals surface area contributed by atoms with E-state index in [1.54, 1.807) is 24.3 Å². The zero-order valence-corrected chi connectivity index (χ0v) is 11.0. The topological polar surface area (TPSA) is 96.7 Å². The van der Waals surface area contributed by atoms with Crippen molar-refractivity contribution < 1.29 is 4.79 Å². The average Bonchev–Trinajstić information content (AvgIpc) is 2.87. The minimum absolute atomic E-state index is 0.265. The summed E-state index contributed by atoms with van der Waals surface area (Å²) < 4.78 is 0. The number of nitrogens with zero attached hydrogens (tertiary/aromatic N) is 2. The molecule has 7 heteroatoms. The molecule has 0 aliphatic rings. The minimum Gasteiger partial charge on any atom is -0.397 e. The van der Waals surface area contributed by atoms with Crippen molar-refractivity contribution in [1.29, 1.82) is 0 Å². The number of halogens is 1. The Balaban J connectivity index is 1.89. The van der Waals surface area contributed by atoms with Crippen LogP contribution in [0, 0.1) is 0 Å². The van der Waals surface area contributed by atoms with Gasteiger partial charge in [0.1, 0.15) is 5.69 Å². The fourth-order valence-corrected chi connectivity index (χ4v) is 1.97. The number of aromatic nitrogens is 3. The van der Waals surface area contributed by atoms with Gasteiger partial charge in [0, 0.05) is 5.39 Å². The van der Waals surface area contributed by atoms with Gasteiger partial charge in [0.15, 0.2) is 11.0 Å². The molecule has 3 aromatic rings. The molecule has 3 rings (SSSR count). The predicted molar refractivity (Wildman–Crippen MR) is 77.7 cm³/mol. The van der Waals surface area contributed by atoms with Crippen LogP contribution in [0.5, 0.6) is 0 Å². The molecule has 0 radical (unpaired) electrons. The van der Waals surface area contributed by atoms with E-state index in [2.05, 4.69) is 20.5 Å². The zero-order chi connectivity index (χ0) is 14.1. The molecular formula is C13H10ClN5O. The Morgan fingerprint density at radius 3 is 2.80 bits per heavy atom. The molecule has 2 aromatic heterocycles. The highest BCUT2D eigenvalue weighted by atomic mass is 35.5. The minimum atomic E-state index is -0.322. The molecule has 20 heavy (non-hydrogen) atoms. The first-order valence-corrected chi connectivity index (χ1v) is 6.19. The summed E-state index contributed by atoms with van der Waals surface area (Å²) in [6.45, 7) is 0. The van der Waals surface area contributed by atoms with E-state index in [0.29, 0.717) is 17.2 Å². The Kier molecular flexibility index (Phi) is 3.00. The molecule has 0 atom stereocenters. The first-order chi connectivity index (χ1) is 9.63. The van der Waals surface area contributed by atoms with Gasteiger partial charge in [0.2, 0.25) is 0 Å². The Labute approximate surface area is 119 Å². The van der Waals surface area contributed by atoms with Gasteiger partial charge in [-0.25, -0.2) is 0 Å². The van der Waals surface area contributed by atoms with Crippen LogP contribution in [0.15, 0.2) is 36.4 Å². The van der Waals surface area contributed by atoms with Gasteiger partial charge in [-0.15, -0.1) is 10.2 Å². The summed E-state index contributed by atoms with van der Waals surface area (Å²) in [6.07, 6.45) is 0. The molecule has 0 aliphatic carbocycles. The zero-order valence-electron chi connectivity index (χ0n) is 10.2. The largest absolute Gasteiger partial charge is 0.397 e. The summed E-state index contributed by atoms with van der Waals surface area (Å²) in [7, 11) is 0. The van der Waals surface area contributed by atoms with Crippen LogP contribution in [-0.2, 0) is 0 Å². The lowest BCUT2D eigenvalue weighted by atomic mass is 10.2. The normalized spacial score (nSPS) is 10.7. The van der Waals surface area contributed by atoms with Gasteiger partial charge in [-0.2, -0.15) is 0 Å². The maximum Gasteiger partial charge on any atom is 0.273 e. The summed E-state index contributed by atoms with van der Waals surface area (Å²) in [5.41, 5.74) is 7.56. The number of benzene rings is 1. The number of anilines is 2. The second-order valence-electron chi connectivity index (χ2n) is 4.19. The molecule has 0 unspecified atom stereocenters. The number of carbonyl (C=O) groups is 1. The van der Waals surface area contributed by atoms with Crippen molar-refractivity contribution in [3.8, 4) is 0 Å². The van der Waals surface area contributed by atoms with Crippen LogP contribution in [0.1, 0.15) is 10.5 Å². The van der Waals surface area contributed by atoms with Crippen LogP contribution in [-0.4, -0.2) is 21.1 Å². The fraction of sp³-hybridized carbons (Fsp3) is 0. The lowest BCUT2D eigenvalue weighted by Gasteiger charge is -2.01. The monoisotopic (exact) mass is 287 g/mol. The van der Waals surface area contributed by atoms with Crippen molar-refractivity contribution in [1.82, 2.24) is 15.2 Å². The quantitative estimate of drug-likeness (QED) is 0.631. The van der Waals surface area contributed by atoms with Gasteiger partial charge < -0.3 is 16.0 Å². The first-order valence-electron chi connectivity index (χ1n) is 5.81. The van der Waals surface area contributed by atoms with Gasteiger partial charge in [0.25, 0.3) is 5.91 Å². The molecular weight excluding hydrogens is 278 g/mol. The number of nitrogens with two attached hydrogens (primary N) is 1. The number of rotatable bonds is 2. The highest BCUT2D eigenvalue weighted by Crippen LogP contribution is 2.21. The number of aromatic amines is 1. The van der Waals surface area contributed by atoms with Crippen LogP contribution in [0.4, 0.5) is 11.5 Å². The lowest BCUT2D eigenvalue weighted by molar-refractivity contribution is 0.102. The Hall–Kier alpha value is -2.60. The van der Waals surface area contributed by atoms with Crippen LogP contribution < -0.4 is 11.1 Å². The second kappa shape index (κ2) is 4.82. The SMILES string of the molecule is Nc1cccc2cc(C(=O)Nc3ccc(Cl)nn3)[nH]c12. The lowest BCUT2D eigenvalue weighted by Crippen LogP contribution is -2.13. The first kappa shape index (κ1) is 12.4. The maximum atomic E-state index is 12.1. The predicted octanol–water partition coefficient (Wildman–Crippen LogP) is 2.45. The summed E-state index contributed by atoms with van der Waals surface area (Å²) in [4.78, 5) is 15.1. The number of nitrogen functional groups attached to an aromatic ring is 1. The average molecular weight is 288 g/mol. The third-order valence-electron chi connectivity index (χ3n) is 2.81. The molecule has 2 heterocycles. The van der Waals surface area contributed by atoms with E-state index in [-0.39, 0.29) is 11.1 Å². The number of nitrogens with one attached hydrogen (secondary N) is 2. The van der Waals surface area contributed by atoms with Gasteiger partial charge in [-0.3, -0.25) is 4.79 Å². The second-order valence-corrected chi connectivity index (χ2v) is 4.58. The molecule has 6 nitrogen and oxygen atoms in total. The van der Waals surface area contributed by atoms with E-state index in [1.807, 2.05) is 12.1 Å². The van der Waals surface area contributed by atoms with Crippen molar-refractivity contribution in [2.24, 2.45) is 0 Å². The molecule has 0 saturated carbocycles. The van der Waals surface area contributed by atoms with Crippen molar-refractivity contribution in [2.75, 3.05) is 11.1 Å². The van der Waals surface area contributed by atoms with Crippen LogP contribution in [0.3, 0.4) is 0 Å². The standard InChI is InChI=1S/C13H10ClN5O/c14-10-4-5-11(19-18-10)17-13(20)9-6-7-2-1-3-8(15)12(7)16-9/h1-6,16H,15H2,(H,17,19,20). The summed E-state index contributed by atoms with van der Waals surface area (Å²) >= 11 is 5.63. The summed E-state index contributed by atoms with van der Waals surface area (Å²) in [6, 6.07) is 10.3. The number of para-hydroxylation sites is 1. The van der Waals surface area contributed by atoms with E-state index in [0.717, 1.165) is 10.9 Å². The number of hydrogen-bond donors (Lipinski definition) is 3. The maximum absolute atomic E-state index is 12.1. The van der Waals surface area contributed by atoms with Gasteiger partial charge in [0.05, 0.1) is 11.2 Å². The molecule has 0 aliphatic heterocycles. The van der Waals surface area contributed by atoms with E-state index in [4.69, 9.17) is 17.3 Å². The van der Waals surface area contributed by atoms with E-state index < -0.39 is 0 Å². The molecule has 0 saturated heterocycles. The Morgan fingerprint density at radius 2 is 2.10 bits per heavy atom. The number of amides is 1. The number of H-pyrrole nitrogens is 1. The highest BCUT2D eigenvalue weighted by molar-refractivity contribution is 6.29. The molecule has 0 fully saturated rings. The number of carbonyl (C=O) groups excluding carboxylic acids is 1. The van der Waals surface area contributed by atoms with Crippen molar-refractivity contribution in [3.63, 3.8) is 0 Å². The van der Waals surface area contributed by atoms with Gasteiger partial charge in [-0.1, -0.05) is 23.7 Å². The number of fused-ring (bicyclic) bond motifs is 1. The molecule has 4 N–H and O–H groups in total. The Morgan fingerprint density at radius 1 is 1.25 bits per heavy atom. The number of hydrogen-bond acceptors (Lipinski definition) is 4. The smallest absolute Gasteiger partial charge is 0.273 e.